The summed E-state index contributed by atoms with van der Waals surface area (Å²) in [6, 6.07) is 22.9. The SMILES string of the molecule is CCCCOc1ccc(C(=O)Nc2cc(C(=O)OC)ccc2N2CCN(Cc3ccccc3)CC2)cc1.Cl. The molecule has 0 aliphatic carbocycles. The number of esters is 1. The fourth-order valence-corrected chi connectivity index (χ4v) is 4.38. The number of rotatable bonds is 10. The number of carbonyl (C=O) groups excluding carboxylic acids is 2. The molecule has 1 heterocycles. The standard InChI is InChI=1S/C30H35N3O4.ClH/c1-3-4-20-37-26-13-10-24(11-14-26)29(34)31-27-21-25(30(35)36-2)12-15-28(27)33-18-16-32(17-19-33)22-23-8-6-5-7-9-23;/h5-15,21H,3-4,16-20,22H2,1-2H3,(H,31,34);1H. The molecule has 1 saturated heterocycles. The highest BCUT2D eigenvalue weighted by Gasteiger charge is 2.22. The Labute approximate surface area is 231 Å². The van der Waals surface area contributed by atoms with Crippen LogP contribution in [-0.2, 0) is 11.3 Å². The molecule has 1 aliphatic heterocycles. The first kappa shape index (κ1) is 29.0. The molecule has 4 rings (SSSR count). The molecule has 1 fully saturated rings. The molecule has 0 radical (unpaired) electrons. The highest BCUT2D eigenvalue weighted by Crippen LogP contribution is 2.29. The Morgan fingerprint density at radius 1 is 0.895 bits per heavy atom. The van der Waals surface area contributed by atoms with Crippen molar-refractivity contribution >= 4 is 35.7 Å². The fourth-order valence-electron chi connectivity index (χ4n) is 4.38. The van der Waals surface area contributed by atoms with Gasteiger partial charge in [0.1, 0.15) is 5.75 Å². The van der Waals surface area contributed by atoms with Crippen molar-refractivity contribution in [2.24, 2.45) is 0 Å². The lowest BCUT2D eigenvalue weighted by Gasteiger charge is -2.37. The molecule has 0 aromatic heterocycles. The number of hydrogen-bond donors (Lipinski definition) is 1. The molecular formula is C30H36ClN3O4. The maximum absolute atomic E-state index is 13.1. The number of hydrogen-bond acceptors (Lipinski definition) is 6. The zero-order valence-electron chi connectivity index (χ0n) is 22.0. The van der Waals surface area contributed by atoms with E-state index in [-0.39, 0.29) is 18.3 Å². The van der Waals surface area contributed by atoms with Crippen LogP contribution in [0.3, 0.4) is 0 Å². The predicted molar refractivity (Wildman–Crippen MR) is 154 cm³/mol. The lowest BCUT2D eigenvalue weighted by Crippen LogP contribution is -2.46. The first-order valence-corrected chi connectivity index (χ1v) is 12.8. The number of anilines is 2. The minimum atomic E-state index is -0.441. The Morgan fingerprint density at radius 3 is 2.24 bits per heavy atom. The number of nitrogens with one attached hydrogen (secondary N) is 1. The highest BCUT2D eigenvalue weighted by molar-refractivity contribution is 6.07. The Bertz CT molecular complexity index is 1180. The van der Waals surface area contributed by atoms with E-state index in [4.69, 9.17) is 9.47 Å². The molecular weight excluding hydrogens is 502 g/mol. The summed E-state index contributed by atoms with van der Waals surface area (Å²) in [6.45, 7) is 7.13. The van der Waals surface area contributed by atoms with E-state index in [1.165, 1.54) is 12.7 Å². The quantitative estimate of drug-likeness (QED) is 0.266. The third kappa shape index (κ3) is 7.73. The van der Waals surface area contributed by atoms with Crippen LogP contribution in [0.2, 0.25) is 0 Å². The van der Waals surface area contributed by atoms with E-state index in [0.29, 0.717) is 23.4 Å². The van der Waals surface area contributed by atoms with Gasteiger partial charge in [-0.3, -0.25) is 9.69 Å². The topological polar surface area (TPSA) is 71.1 Å². The number of ether oxygens (including phenoxy) is 2. The van der Waals surface area contributed by atoms with Gasteiger partial charge in [-0.15, -0.1) is 12.4 Å². The Morgan fingerprint density at radius 2 is 1.58 bits per heavy atom. The first-order valence-electron chi connectivity index (χ1n) is 12.8. The van der Waals surface area contributed by atoms with Crippen molar-refractivity contribution in [2.45, 2.75) is 26.3 Å². The van der Waals surface area contributed by atoms with Crippen LogP contribution in [0, 0.1) is 0 Å². The van der Waals surface area contributed by atoms with Gasteiger partial charge in [0.15, 0.2) is 0 Å². The Hall–Kier alpha value is -3.55. The molecule has 202 valence electrons. The van der Waals surface area contributed by atoms with E-state index in [0.717, 1.165) is 57.0 Å². The minimum absolute atomic E-state index is 0. The summed E-state index contributed by atoms with van der Waals surface area (Å²) < 4.78 is 10.6. The number of carbonyl (C=O) groups is 2. The zero-order valence-corrected chi connectivity index (χ0v) is 22.8. The molecule has 0 spiro atoms. The van der Waals surface area contributed by atoms with Crippen LogP contribution >= 0.6 is 12.4 Å². The van der Waals surface area contributed by atoms with Gasteiger partial charge < -0.3 is 19.7 Å². The number of amides is 1. The Balaban J connectivity index is 0.00000400. The van der Waals surface area contributed by atoms with Gasteiger partial charge in [0, 0.05) is 38.3 Å². The van der Waals surface area contributed by atoms with Crippen LogP contribution < -0.4 is 15.0 Å². The zero-order chi connectivity index (χ0) is 26.0. The number of halogens is 1. The van der Waals surface area contributed by atoms with Crippen LogP contribution in [0.25, 0.3) is 0 Å². The molecule has 1 aliphatic rings. The predicted octanol–water partition coefficient (Wildman–Crippen LogP) is 5.65. The van der Waals surface area contributed by atoms with Crippen molar-refractivity contribution in [2.75, 3.05) is 50.1 Å². The molecule has 7 nitrogen and oxygen atoms in total. The first-order chi connectivity index (χ1) is 18.1. The summed E-state index contributed by atoms with van der Waals surface area (Å²) in [6.07, 6.45) is 2.05. The van der Waals surface area contributed by atoms with Gasteiger partial charge in [0.25, 0.3) is 5.91 Å². The average molecular weight is 538 g/mol. The number of unbranched alkanes of at least 4 members (excludes halogenated alkanes) is 1. The third-order valence-corrected chi connectivity index (χ3v) is 6.51. The van der Waals surface area contributed by atoms with Crippen LogP contribution in [0.5, 0.6) is 5.75 Å². The monoisotopic (exact) mass is 537 g/mol. The van der Waals surface area contributed by atoms with E-state index >= 15 is 0 Å². The lowest BCUT2D eigenvalue weighted by atomic mass is 10.1. The lowest BCUT2D eigenvalue weighted by molar-refractivity contribution is 0.0600. The van der Waals surface area contributed by atoms with E-state index in [1.807, 2.05) is 24.3 Å². The van der Waals surface area contributed by atoms with Crippen molar-refractivity contribution in [3.63, 3.8) is 0 Å². The van der Waals surface area contributed by atoms with Gasteiger partial charge in [-0.1, -0.05) is 43.7 Å². The van der Waals surface area contributed by atoms with Crippen molar-refractivity contribution in [3.05, 3.63) is 89.5 Å². The molecule has 1 amide bonds. The minimum Gasteiger partial charge on any atom is -0.494 e. The smallest absolute Gasteiger partial charge is 0.337 e. The van der Waals surface area contributed by atoms with Crippen molar-refractivity contribution in [1.82, 2.24) is 4.90 Å². The van der Waals surface area contributed by atoms with Gasteiger partial charge in [-0.05, 0) is 54.4 Å². The number of piperazine rings is 1. The van der Waals surface area contributed by atoms with E-state index < -0.39 is 5.97 Å². The second-order valence-corrected chi connectivity index (χ2v) is 9.15. The van der Waals surface area contributed by atoms with E-state index in [2.05, 4.69) is 46.3 Å². The second kappa shape index (κ2) is 14.4. The molecule has 3 aromatic carbocycles. The number of benzene rings is 3. The van der Waals surface area contributed by atoms with Crippen LogP contribution in [-0.4, -0.2) is 56.7 Å². The maximum atomic E-state index is 13.1. The molecule has 3 aromatic rings. The van der Waals surface area contributed by atoms with Crippen LogP contribution in [0.15, 0.2) is 72.8 Å². The van der Waals surface area contributed by atoms with Crippen molar-refractivity contribution < 1.29 is 19.1 Å². The van der Waals surface area contributed by atoms with Gasteiger partial charge in [-0.25, -0.2) is 4.79 Å². The molecule has 38 heavy (non-hydrogen) atoms. The second-order valence-electron chi connectivity index (χ2n) is 9.15. The molecule has 0 unspecified atom stereocenters. The summed E-state index contributed by atoms with van der Waals surface area (Å²) in [5.74, 6) is 0.0566. The normalized spacial score (nSPS) is 13.4. The van der Waals surface area contributed by atoms with Gasteiger partial charge in [-0.2, -0.15) is 0 Å². The molecule has 8 heteroatoms. The molecule has 0 saturated carbocycles. The molecule has 0 bridgehead atoms. The summed E-state index contributed by atoms with van der Waals surface area (Å²) >= 11 is 0. The van der Waals surface area contributed by atoms with Gasteiger partial charge in [0.05, 0.1) is 30.7 Å². The van der Waals surface area contributed by atoms with Gasteiger partial charge in [0.2, 0.25) is 0 Å². The fraction of sp³-hybridized carbons (Fsp3) is 0.333. The van der Waals surface area contributed by atoms with Crippen molar-refractivity contribution in [1.29, 1.82) is 0 Å². The summed E-state index contributed by atoms with van der Waals surface area (Å²) in [4.78, 5) is 30.0. The third-order valence-electron chi connectivity index (χ3n) is 6.51. The summed E-state index contributed by atoms with van der Waals surface area (Å²) in [5.41, 5.74) is 3.69. The summed E-state index contributed by atoms with van der Waals surface area (Å²) in [7, 11) is 1.35. The number of nitrogens with zero attached hydrogens (tertiary/aromatic N) is 2. The van der Waals surface area contributed by atoms with Crippen LogP contribution in [0.1, 0.15) is 46.0 Å². The van der Waals surface area contributed by atoms with Gasteiger partial charge >= 0.3 is 5.97 Å². The number of methoxy groups -OCH3 is 1. The van der Waals surface area contributed by atoms with E-state index in [9.17, 15) is 9.59 Å². The maximum Gasteiger partial charge on any atom is 0.337 e. The largest absolute Gasteiger partial charge is 0.494 e. The van der Waals surface area contributed by atoms with Crippen LogP contribution in [0.4, 0.5) is 11.4 Å². The van der Waals surface area contributed by atoms with E-state index in [1.54, 1.807) is 24.3 Å². The average Bonchev–Trinajstić information content (AvgIpc) is 2.94. The molecule has 0 atom stereocenters. The Kier molecular flexibility index (Phi) is 11.0. The van der Waals surface area contributed by atoms with Crippen molar-refractivity contribution in [3.8, 4) is 5.75 Å². The highest BCUT2D eigenvalue weighted by atomic mass is 35.5. The molecule has 1 N–H and O–H groups in total. The summed E-state index contributed by atoms with van der Waals surface area (Å²) in [5, 5.41) is 3.02.